The van der Waals surface area contributed by atoms with E-state index in [4.69, 9.17) is 16.0 Å². The second-order valence-electron chi connectivity index (χ2n) is 7.84. The van der Waals surface area contributed by atoms with E-state index in [0.717, 1.165) is 27.8 Å². The molecule has 0 aliphatic carbocycles. The normalized spacial score (nSPS) is 11.4. The Kier molecular flexibility index (Phi) is 5.52. The van der Waals surface area contributed by atoms with Crippen LogP contribution in [0.1, 0.15) is 26.6 Å². The van der Waals surface area contributed by atoms with Crippen LogP contribution in [0.3, 0.4) is 0 Å². The van der Waals surface area contributed by atoms with Crippen LogP contribution in [0.25, 0.3) is 21.0 Å². The second-order valence-corrected chi connectivity index (χ2v) is 9.27. The van der Waals surface area contributed by atoms with Crippen LogP contribution in [0, 0.1) is 12.7 Å². The smallest absolute Gasteiger partial charge is 0.266 e. The lowest BCUT2D eigenvalue weighted by atomic mass is 10.1. The number of benzene rings is 2. The van der Waals surface area contributed by atoms with Gasteiger partial charge in [0.15, 0.2) is 0 Å². The van der Waals surface area contributed by atoms with E-state index in [2.05, 4.69) is 4.98 Å². The van der Waals surface area contributed by atoms with Crippen LogP contribution in [0.15, 0.2) is 70.1 Å². The van der Waals surface area contributed by atoms with Gasteiger partial charge in [0.05, 0.1) is 24.4 Å². The zero-order valence-corrected chi connectivity index (χ0v) is 19.1. The van der Waals surface area contributed by atoms with Crippen molar-refractivity contribution in [1.29, 1.82) is 0 Å². The van der Waals surface area contributed by atoms with Gasteiger partial charge in [0.25, 0.3) is 11.5 Å². The Morgan fingerprint density at radius 2 is 2.00 bits per heavy atom. The quantitative estimate of drug-likeness (QED) is 0.322. The molecule has 0 radical (unpaired) electrons. The van der Waals surface area contributed by atoms with Crippen molar-refractivity contribution in [3.05, 3.63) is 104 Å². The van der Waals surface area contributed by atoms with E-state index in [1.54, 1.807) is 24.3 Å². The number of fused-ring (bicyclic) bond motifs is 2. The summed E-state index contributed by atoms with van der Waals surface area (Å²) in [5.41, 5.74) is 1.95. The zero-order valence-electron chi connectivity index (χ0n) is 17.5. The molecule has 8 heteroatoms. The number of nitrogens with one attached hydrogen (secondary N) is 1. The molecule has 3 heterocycles. The van der Waals surface area contributed by atoms with Gasteiger partial charge in [-0.3, -0.25) is 9.59 Å². The number of hydrogen-bond donors (Lipinski definition) is 1. The molecule has 5 aromatic rings. The number of amides is 1. The van der Waals surface area contributed by atoms with Gasteiger partial charge in [-0.25, -0.2) is 4.39 Å². The highest BCUT2D eigenvalue weighted by Gasteiger charge is 2.25. The minimum absolute atomic E-state index is 0.0532. The van der Waals surface area contributed by atoms with Crippen molar-refractivity contribution < 1.29 is 13.6 Å². The Bertz CT molecular complexity index is 1560. The average molecular weight is 481 g/mol. The lowest BCUT2D eigenvalue weighted by Crippen LogP contribution is -2.32. The number of aromatic nitrogens is 1. The third-order valence-corrected chi connectivity index (χ3v) is 7.08. The van der Waals surface area contributed by atoms with Gasteiger partial charge in [0, 0.05) is 21.2 Å². The van der Waals surface area contributed by atoms with Crippen molar-refractivity contribution in [3.63, 3.8) is 0 Å². The van der Waals surface area contributed by atoms with E-state index in [0.29, 0.717) is 21.4 Å². The SMILES string of the molecule is Cc1ccc2cc(CN(Cc3ccco3)C(=O)c3sc4cc(F)ccc4c3Cl)c(=O)[nH]c2c1. The molecule has 0 aliphatic rings. The van der Waals surface area contributed by atoms with Crippen LogP contribution in [-0.4, -0.2) is 15.8 Å². The number of furan rings is 1. The number of aryl methyl sites for hydroxylation is 1. The summed E-state index contributed by atoms with van der Waals surface area (Å²) in [5.74, 6) is -0.189. The van der Waals surface area contributed by atoms with Gasteiger partial charge >= 0.3 is 0 Å². The third kappa shape index (κ3) is 4.17. The van der Waals surface area contributed by atoms with Gasteiger partial charge in [-0.15, -0.1) is 11.3 Å². The van der Waals surface area contributed by atoms with E-state index in [1.165, 1.54) is 23.3 Å². The Morgan fingerprint density at radius 1 is 1.15 bits per heavy atom. The molecule has 0 bridgehead atoms. The van der Waals surface area contributed by atoms with Gasteiger partial charge < -0.3 is 14.3 Å². The number of halogens is 2. The molecule has 166 valence electrons. The van der Waals surface area contributed by atoms with Crippen molar-refractivity contribution >= 4 is 49.8 Å². The van der Waals surface area contributed by atoms with Gasteiger partial charge in [-0.2, -0.15) is 0 Å². The number of H-pyrrole nitrogens is 1. The highest BCUT2D eigenvalue weighted by atomic mass is 35.5. The average Bonchev–Trinajstić information content (AvgIpc) is 3.41. The molecule has 33 heavy (non-hydrogen) atoms. The van der Waals surface area contributed by atoms with Crippen LogP contribution in [0.2, 0.25) is 5.02 Å². The van der Waals surface area contributed by atoms with E-state index in [9.17, 15) is 14.0 Å². The fraction of sp³-hybridized carbons (Fsp3) is 0.120. The zero-order chi connectivity index (χ0) is 23.1. The summed E-state index contributed by atoms with van der Waals surface area (Å²) in [5, 5.41) is 1.76. The largest absolute Gasteiger partial charge is 0.467 e. The topological polar surface area (TPSA) is 66.3 Å². The van der Waals surface area contributed by atoms with Gasteiger partial charge in [-0.05, 0) is 60.3 Å². The Hall–Kier alpha value is -3.42. The van der Waals surface area contributed by atoms with E-state index < -0.39 is 5.82 Å². The van der Waals surface area contributed by atoms with Crippen LogP contribution >= 0.6 is 22.9 Å². The summed E-state index contributed by atoms with van der Waals surface area (Å²) < 4.78 is 19.7. The number of nitrogens with zero attached hydrogens (tertiary/aromatic N) is 1. The first-order valence-electron chi connectivity index (χ1n) is 10.2. The van der Waals surface area contributed by atoms with Gasteiger partial charge in [0.2, 0.25) is 0 Å². The molecule has 0 unspecified atom stereocenters. The number of carbonyl (C=O) groups excluding carboxylic acids is 1. The lowest BCUT2D eigenvalue weighted by Gasteiger charge is -2.21. The fourth-order valence-electron chi connectivity index (χ4n) is 3.79. The van der Waals surface area contributed by atoms with Crippen molar-refractivity contribution in [2.24, 2.45) is 0 Å². The second kappa shape index (κ2) is 8.50. The molecular weight excluding hydrogens is 463 g/mol. The first-order chi connectivity index (χ1) is 15.9. The predicted molar refractivity (Wildman–Crippen MR) is 128 cm³/mol. The molecule has 0 saturated heterocycles. The first kappa shape index (κ1) is 21.4. The maximum atomic E-state index is 13.7. The molecule has 0 atom stereocenters. The maximum Gasteiger partial charge on any atom is 0.266 e. The monoisotopic (exact) mass is 480 g/mol. The number of carbonyl (C=O) groups is 1. The molecule has 5 nitrogen and oxygen atoms in total. The van der Waals surface area contributed by atoms with Crippen molar-refractivity contribution in [2.45, 2.75) is 20.0 Å². The van der Waals surface area contributed by atoms with Crippen LogP contribution in [-0.2, 0) is 13.1 Å². The van der Waals surface area contributed by atoms with Crippen molar-refractivity contribution in [1.82, 2.24) is 9.88 Å². The fourth-order valence-corrected chi connectivity index (χ4v) is 5.30. The highest BCUT2D eigenvalue weighted by molar-refractivity contribution is 7.21. The van der Waals surface area contributed by atoms with E-state index in [1.807, 2.05) is 25.1 Å². The van der Waals surface area contributed by atoms with Crippen LogP contribution in [0.5, 0.6) is 0 Å². The number of pyridine rings is 1. The predicted octanol–water partition coefficient (Wildman–Crippen LogP) is 6.28. The first-order valence-corrected chi connectivity index (χ1v) is 11.4. The summed E-state index contributed by atoms with van der Waals surface area (Å²) in [4.78, 5) is 31.1. The summed E-state index contributed by atoms with van der Waals surface area (Å²) in [7, 11) is 0. The Balaban J connectivity index is 1.55. The molecule has 3 aromatic heterocycles. The third-order valence-electron chi connectivity index (χ3n) is 5.44. The number of aromatic amines is 1. The minimum Gasteiger partial charge on any atom is -0.467 e. The molecule has 0 fully saturated rings. The molecule has 2 aromatic carbocycles. The number of hydrogen-bond acceptors (Lipinski definition) is 4. The Labute approximate surface area is 197 Å². The van der Waals surface area contributed by atoms with Gasteiger partial charge in [0.1, 0.15) is 16.5 Å². The number of thiophene rings is 1. The summed E-state index contributed by atoms with van der Waals surface area (Å²) >= 11 is 7.63. The lowest BCUT2D eigenvalue weighted by molar-refractivity contribution is 0.0722. The van der Waals surface area contributed by atoms with Gasteiger partial charge in [-0.1, -0.05) is 23.7 Å². The van der Waals surface area contributed by atoms with Crippen LogP contribution in [0.4, 0.5) is 4.39 Å². The molecule has 5 rings (SSSR count). The summed E-state index contributed by atoms with van der Waals surface area (Å²) in [6.45, 7) is 2.16. The maximum absolute atomic E-state index is 13.7. The molecule has 1 amide bonds. The van der Waals surface area contributed by atoms with Crippen molar-refractivity contribution in [3.8, 4) is 0 Å². The number of rotatable bonds is 5. The molecular formula is C25H18ClFN2O3S. The van der Waals surface area contributed by atoms with Crippen molar-refractivity contribution in [2.75, 3.05) is 0 Å². The Morgan fingerprint density at radius 3 is 2.79 bits per heavy atom. The van der Waals surface area contributed by atoms with Crippen LogP contribution < -0.4 is 5.56 Å². The summed E-state index contributed by atoms with van der Waals surface area (Å²) in [6, 6.07) is 15.3. The van der Waals surface area contributed by atoms with E-state index >= 15 is 0 Å². The molecule has 0 saturated carbocycles. The van der Waals surface area contributed by atoms with E-state index in [-0.39, 0.29) is 34.5 Å². The minimum atomic E-state index is -0.398. The molecule has 0 spiro atoms. The highest BCUT2D eigenvalue weighted by Crippen LogP contribution is 2.37. The molecule has 1 N–H and O–H groups in total. The standard InChI is InChI=1S/C25H18ClFN2O3S/c1-14-4-5-15-10-16(24(30)28-20(15)9-14)12-29(13-18-3-2-8-32-18)25(31)23-22(26)19-7-6-17(27)11-21(19)33-23/h2-11H,12-13H2,1H3,(H,28,30). The summed E-state index contributed by atoms with van der Waals surface area (Å²) in [6.07, 6.45) is 1.53. The molecule has 0 aliphatic heterocycles.